The lowest BCUT2D eigenvalue weighted by molar-refractivity contribution is -0.0684. The Morgan fingerprint density at radius 2 is 1.23 bits per heavy atom. The molecule has 218 valence electrons. The summed E-state index contributed by atoms with van der Waals surface area (Å²) in [7, 11) is 0. The van der Waals surface area contributed by atoms with E-state index >= 15 is 0 Å². The summed E-state index contributed by atoms with van der Waals surface area (Å²) in [4.78, 5) is 0. The summed E-state index contributed by atoms with van der Waals surface area (Å²) in [6.45, 7) is 5.12. The van der Waals surface area contributed by atoms with Crippen LogP contribution in [0.25, 0.3) is 0 Å². The molecule has 0 unspecified atom stereocenters. The molecule has 0 fully saturated rings. The van der Waals surface area contributed by atoms with E-state index in [4.69, 9.17) is 18.9 Å². The second-order valence-electron chi connectivity index (χ2n) is 10.9. The first-order valence-electron chi connectivity index (χ1n) is 15.5. The maximum atomic E-state index is 9.51. The van der Waals surface area contributed by atoms with Gasteiger partial charge in [-0.3, -0.25) is 0 Å². The Morgan fingerprint density at radius 3 is 1.79 bits per heavy atom. The van der Waals surface area contributed by atoms with Gasteiger partial charge in [0.1, 0.15) is 24.7 Å². The first kappa shape index (κ1) is 31.4. The lowest BCUT2D eigenvalue weighted by Gasteiger charge is -2.35. The van der Waals surface area contributed by atoms with Gasteiger partial charge < -0.3 is 24.1 Å². The minimum absolute atomic E-state index is 0.156. The fourth-order valence-electron chi connectivity index (χ4n) is 5.48. The van der Waals surface area contributed by atoms with Crippen LogP contribution in [0.3, 0.4) is 0 Å². The number of unbranched alkanes of at least 4 members (excludes halogenated alkanes) is 7. The van der Waals surface area contributed by atoms with Crippen LogP contribution in [0.4, 0.5) is 0 Å². The molecule has 2 aromatic carbocycles. The number of hydrogen-bond acceptors (Lipinski definition) is 5. The van der Waals surface area contributed by atoms with Crippen molar-refractivity contribution in [2.75, 3.05) is 39.6 Å². The summed E-state index contributed by atoms with van der Waals surface area (Å²) in [5.74, 6) is 1.87. The van der Waals surface area contributed by atoms with Crippen molar-refractivity contribution < 1.29 is 24.1 Å². The van der Waals surface area contributed by atoms with E-state index in [0.717, 1.165) is 43.6 Å². The summed E-state index contributed by atoms with van der Waals surface area (Å²) in [5.41, 5.74) is 2.19. The fraction of sp³-hybridized carbons (Fsp3) is 0.647. The molecule has 0 radical (unpaired) electrons. The SMILES string of the molecule is CCCCCCCCCCC1(OCCCO)CCc2ccccc2OCCOCCOc2ccccc2CC1. The summed E-state index contributed by atoms with van der Waals surface area (Å²) in [6, 6.07) is 16.7. The monoisotopic (exact) mass is 540 g/mol. The zero-order chi connectivity index (χ0) is 27.4. The summed E-state index contributed by atoms with van der Waals surface area (Å²) >= 11 is 0. The maximum absolute atomic E-state index is 9.51. The van der Waals surface area contributed by atoms with Gasteiger partial charge in [0.15, 0.2) is 0 Å². The highest BCUT2D eigenvalue weighted by Gasteiger charge is 2.31. The Kier molecular flexibility index (Phi) is 15.4. The molecule has 1 heterocycles. The molecule has 0 atom stereocenters. The molecule has 1 aliphatic heterocycles. The summed E-state index contributed by atoms with van der Waals surface area (Å²) < 4.78 is 24.7. The molecule has 0 saturated carbocycles. The van der Waals surface area contributed by atoms with Crippen molar-refractivity contribution in [3.63, 3.8) is 0 Å². The molecule has 2 aromatic rings. The largest absolute Gasteiger partial charge is 0.491 e. The Bertz CT molecular complexity index is 843. The van der Waals surface area contributed by atoms with Gasteiger partial charge in [0, 0.05) is 13.2 Å². The molecule has 0 amide bonds. The highest BCUT2D eigenvalue weighted by Crippen LogP contribution is 2.34. The Hall–Kier alpha value is -2.08. The van der Waals surface area contributed by atoms with Crippen molar-refractivity contribution in [2.45, 2.75) is 102 Å². The van der Waals surface area contributed by atoms with E-state index in [2.05, 4.69) is 43.3 Å². The van der Waals surface area contributed by atoms with Gasteiger partial charge in [-0.1, -0.05) is 94.7 Å². The standard InChI is InChI=1S/C34H52O5/c1-2-3-4-5-6-7-8-13-21-34(39-25-14-24-35)22-19-30-15-9-11-17-32(30)37-28-26-36-27-29-38-33-18-12-10-16-31(33)20-23-34/h9-12,15-18,35H,2-8,13-14,19-29H2,1H3. The van der Waals surface area contributed by atoms with Crippen LogP contribution in [0.5, 0.6) is 11.5 Å². The van der Waals surface area contributed by atoms with Crippen LogP contribution in [0.2, 0.25) is 0 Å². The highest BCUT2D eigenvalue weighted by atomic mass is 16.5. The third-order valence-corrected chi connectivity index (χ3v) is 7.81. The van der Waals surface area contributed by atoms with Crippen LogP contribution in [0, 0.1) is 0 Å². The molecule has 0 bridgehead atoms. The summed E-state index contributed by atoms with van der Waals surface area (Å²) in [6.07, 6.45) is 15.7. The van der Waals surface area contributed by atoms with Crippen molar-refractivity contribution in [1.82, 2.24) is 0 Å². The number of hydrogen-bond donors (Lipinski definition) is 1. The molecule has 5 heteroatoms. The van der Waals surface area contributed by atoms with Crippen LogP contribution in [0.1, 0.15) is 95.1 Å². The van der Waals surface area contributed by atoms with E-state index in [9.17, 15) is 5.11 Å². The van der Waals surface area contributed by atoms with Crippen molar-refractivity contribution in [2.24, 2.45) is 0 Å². The van der Waals surface area contributed by atoms with Gasteiger partial charge in [-0.15, -0.1) is 0 Å². The smallest absolute Gasteiger partial charge is 0.122 e. The number of aliphatic hydroxyl groups excluding tert-OH is 1. The molecule has 1 N–H and O–H groups in total. The number of benzene rings is 2. The second-order valence-corrected chi connectivity index (χ2v) is 10.9. The average molecular weight is 541 g/mol. The number of rotatable bonds is 13. The van der Waals surface area contributed by atoms with Crippen LogP contribution in [-0.4, -0.2) is 50.3 Å². The van der Waals surface area contributed by atoms with Crippen LogP contribution < -0.4 is 9.47 Å². The van der Waals surface area contributed by atoms with Gasteiger partial charge >= 0.3 is 0 Å². The van der Waals surface area contributed by atoms with E-state index < -0.39 is 0 Å². The van der Waals surface area contributed by atoms with E-state index in [1.54, 1.807) is 0 Å². The first-order valence-corrected chi connectivity index (χ1v) is 15.5. The van der Waals surface area contributed by atoms with Gasteiger partial charge in [-0.25, -0.2) is 0 Å². The van der Waals surface area contributed by atoms with Crippen molar-refractivity contribution >= 4 is 0 Å². The number of para-hydroxylation sites is 2. The average Bonchev–Trinajstić information content (AvgIpc) is 2.96. The third kappa shape index (κ3) is 11.9. The Morgan fingerprint density at radius 1 is 0.692 bits per heavy atom. The van der Waals surface area contributed by atoms with Gasteiger partial charge in [0.05, 0.1) is 18.8 Å². The van der Waals surface area contributed by atoms with Crippen LogP contribution in [-0.2, 0) is 22.3 Å². The molecule has 0 aliphatic carbocycles. The normalized spacial score (nSPS) is 16.5. The second kappa shape index (κ2) is 19.1. The number of fused-ring (bicyclic) bond motifs is 2. The minimum Gasteiger partial charge on any atom is -0.491 e. The topological polar surface area (TPSA) is 57.2 Å². The van der Waals surface area contributed by atoms with Gasteiger partial charge in [0.25, 0.3) is 0 Å². The van der Waals surface area contributed by atoms with Crippen LogP contribution in [0.15, 0.2) is 48.5 Å². The Balaban J connectivity index is 1.77. The Labute approximate surface area is 237 Å². The van der Waals surface area contributed by atoms with E-state index in [1.807, 2.05) is 12.1 Å². The highest BCUT2D eigenvalue weighted by molar-refractivity contribution is 5.35. The predicted octanol–water partition coefficient (Wildman–Crippen LogP) is 7.71. The van der Waals surface area contributed by atoms with Gasteiger partial charge in [-0.05, 0) is 61.8 Å². The third-order valence-electron chi connectivity index (χ3n) is 7.81. The van der Waals surface area contributed by atoms with Gasteiger partial charge in [-0.2, -0.15) is 0 Å². The first-order chi connectivity index (χ1) is 19.3. The fourth-order valence-corrected chi connectivity index (χ4v) is 5.48. The predicted molar refractivity (Wildman–Crippen MR) is 159 cm³/mol. The van der Waals surface area contributed by atoms with Crippen molar-refractivity contribution in [3.05, 3.63) is 59.7 Å². The summed E-state index contributed by atoms with van der Waals surface area (Å²) in [5, 5.41) is 9.51. The zero-order valence-electron chi connectivity index (χ0n) is 24.3. The lowest BCUT2D eigenvalue weighted by atomic mass is 9.83. The molecule has 0 aromatic heterocycles. The van der Waals surface area contributed by atoms with Crippen LogP contribution >= 0.6 is 0 Å². The maximum Gasteiger partial charge on any atom is 0.122 e. The number of ether oxygens (including phenoxy) is 4. The molecular formula is C34H52O5. The van der Waals surface area contributed by atoms with E-state index in [-0.39, 0.29) is 12.2 Å². The van der Waals surface area contributed by atoms with Gasteiger partial charge in [0.2, 0.25) is 0 Å². The molecule has 0 saturated heterocycles. The van der Waals surface area contributed by atoms with Crippen molar-refractivity contribution in [3.8, 4) is 11.5 Å². The minimum atomic E-state index is -0.252. The van der Waals surface area contributed by atoms with E-state index in [1.165, 1.54) is 62.5 Å². The molecule has 1 aliphatic rings. The van der Waals surface area contributed by atoms with E-state index in [0.29, 0.717) is 39.5 Å². The quantitative estimate of drug-likeness (QED) is 0.264. The van der Waals surface area contributed by atoms with Crippen molar-refractivity contribution in [1.29, 1.82) is 0 Å². The molecule has 3 rings (SSSR count). The lowest BCUT2D eigenvalue weighted by Crippen LogP contribution is -2.35. The zero-order valence-corrected chi connectivity index (χ0v) is 24.3. The molecule has 5 nitrogen and oxygen atoms in total. The molecule has 39 heavy (non-hydrogen) atoms. The number of aryl methyl sites for hydroxylation is 2. The molecule has 0 spiro atoms. The molecular weight excluding hydrogens is 488 g/mol. The number of aliphatic hydroxyl groups is 1.